The molecule has 0 aliphatic carbocycles. The SMILES string of the molecule is COc1cccc(NC(=O)c2ccc(-n3ccnc3)cc2)c1. The van der Waals surface area contributed by atoms with Crippen molar-refractivity contribution >= 4 is 11.6 Å². The number of anilines is 1. The van der Waals surface area contributed by atoms with Gasteiger partial charge in [0.05, 0.1) is 13.4 Å². The molecule has 0 aliphatic heterocycles. The Morgan fingerprint density at radius 3 is 2.68 bits per heavy atom. The van der Waals surface area contributed by atoms with Crippen molar-refractivity contribution < 1.29 is 9.53 Å². The van der Waals surface area contributed by atoms with Crippen LogP contribution in [0.15, 0.2) is 67.3 Å². The summed E-state index contributed by atoms with van der Waals surface area (Å²) >= 11 is 0. The molecule has 0 saturated heterocycles. The smallest absolute Gasteiger partial charge is 0.255 e. The summed E-state index contributed by atoms with van der Waals surface area (Å²) in [5.41, 5.74) is 2.24. The van der Waals surface area contributed by atoms with Crippen molar-refractivity contribution in [2.45, 2.75) is 0 Å². The minimum Gasteiger partial charge on any atom is -0.497 e. The van der Waals surface area contributed by atoms with E-state index in [-0.39, 0.29) is 5.91 Å². The Labute approximate surface area is 128 Å². The van der Waals surface area contributed by atoms with Crippen molar-refractivity contribution in [3.05, 3.63) is 72.8 Å². The molecular formula is C17H15N3O2. The molecule has 0 saturated carbocycles. The zero-order valence-electron chi connectivity index (χ0n) is 12.1. The zero-order chi connectivity index (χ0) is 15.4. The summed E-state index contributed by atoms with van der Waals surface area (Å²) in [6.07, 6.45) is 5.28. The van der Waals surface area contributed by atoms with Crippen molar-refractivity contribution in [2.24, 2.45) is 0 Å². The summed E-state index contributed by atoms with van der Waals surface area (Å²) in [6.45, 7) is 0. The first-order chi connectivity index (χ1) is 10.8. The Morgan fingerprint density at radius 1 is 1.18 bits per heavy atom. The summed E-state index contributed by atoms with van der Waals surface area (Å²) in [6, 6.07) is 14.6. The first kappa shape index (κ1) is 13.9. The van der Waals surface area contributed by atoms with Crippen LogP contribution in [0, 0.1) is 0 Å². The number of ether oxygens (including phenoxy) is 1. The molecule has 0 radical (unpaired) electrons. The lowest BCUT2D eigenvalue weighted by Gasteiger charge is -2.08. The first-order valence-corrected chi connectivity index (χ1v) is 6.80. The summed E-state index contributed by atoms with van der Waals surface area (Å²) in [4.78, 5) is 16.2. The van der Waals surface area contributed by atoms with E-state index in [2.05, 4.69) is 10.3 Å². The van der Waals surface area contributed by atoms with Crippen molar-refractivity contribution in [1.82, 2.24) is 9.55 Å². The third kappa shape index (κ3) is 2.98. The van der Waals surface area contributed by atoms with E-state index in [9.17, 15) is 4.79 Å². The molecule has 110 valence electrons. The first-order valence-electron chi connectivity index (χ1n) is 6.80. The number of hydrogen-bond acceptors (Lipinski definition) is 3. The van der Waals surface area contributed by atoms with Crippen LogP contribution in [0.5, 0.6) is 5.75 Å². The van der Waals surface area contributed by atoms with E-state index in [1.807, 2.05) is 41.1 Å². The second-order valence-electron chi connectivity index (χ2n) is 4.70. The Morgan fingerprint density at radius 2 is 2.00 bits per heavy atom. The number of aromatic nitrogens is 2. The van der Waals surface area contributed by atoms with Gasteiger partial charge in [-0.2, -0.15) is 0 Å². The number of nitrogens with zero attached hydrogens (tertiary/aromatic N) is 2. The number of imidazole rings is 1. The van der Waals surface area contributed by atoms with E-state index in [1.54, 1.807) is 37.8 Å². The van der Waals surface area contributed by atoms with Gasteiger partial charge in [0, 0.05) is 35.4 Å². The van der Waals surface area contributed by atoms with Crippen molar-refractivity contribution in [3.8, 4) is 11.4 Å². The van der Waals surface area contributed by atoms with Gasteiger partial charge < -0.3 is 14.6 Å². The number of benzene rings is 2. The van der Waals surface area contributed by atoms with Gasteiger partial charge in [0.25, 0.3) is 5.91 Å². The van der Waals surface area contributed by atoms with Crippen LogP contribution in [-0.2, 0) is 0 Å². The number of carbonyl (C=O) groups excluding carboxylic acids is 1. The molecular weight excluding hydrogens is 278 g/mol. The standard InChI is InChI=1S/C17H15N3O2/c1-22-16-4-2-3-14(11-16)19-17(21)13-5-7-15(8-6-13)20-10-9-18-12-20/h2-12H,1H3,(H,19,21). The van der Waals surface area contributed by atoms with Crippen LogP contribution < -0.4 is 10.1 Å². The van der Waals surface area contributed by atoms with Crippen LogP contribution in [0.2, 0.25) is 0 Å². The van der Waals surface area contributed by atoms with E-state index >= 15 is 0 Å². The van der Waals surface area contributed by atoms with E-state index in [1.165, 1.54) is 0 Å². The molecule has 1 aromatic heterocycles. The molecule has 22 heavy (non-hydrogen) atoms. The van der Waals surface area contributed by atoms with Crippen LogP contribution in [0.1, 0.15) is 10.4 Å². The molecule has 2 aromatic carbocycles. The maximum Gasteiger partial charge on any atom is 0.255 e. The molecule has 0 unspecified atom stereocenters. The maximum absolute atomic E-state index is 12.2. The number of carbonyl (C=O) groups is 1. The van der Waals surface area contributed by atoms with E-state index in [4.69, 9.17) is 4.74 Å². The fourth-order valence-electron chi connectivity index (χ4n) is 2.10. The van der Waals surface area contributed by atoms with Crippen LogP contribution in [0.25, 0.3) is 5.69 Å². The summed E-state index contributed by atoms with van der Waals surface area (Å²) in [5.74, 6) is 0.540. The highest BCUT2D eigenvalue weighted by Gasteiger charge is 2.07. The molecule has 0 atom stereocenters. The number of amides is 1. The van der Waals surface area contributed by atoms with Crippen LogP contribution in [0.3, 0.4) is 0 Å². The van der Waals surface area contributed by atoms with Gasteiger partial charge in [-0.15, -0.1) is 0 Å². The fraction of sp³-hybridized carbons (Fsp3) is 0.0588. The predicted octanol–water partition coefficient (Wildman–Crippen LogP) is 3.13. The van der Waals surface area contributed by atoms with E-state index in [0.29, 0.717) is 17.0 Å². The van der Waals surface area contributed by atoms with Gasteiger partial charge in [0.2, 0.25) is 0 Å². The highest BCUT2D eigenvalue weighted by Crippen LogP contribution is 2.18. The molecule has 3 rings (SSSR count). The monoisotopic (exact) mass is 293 g/mol. The molecule has 1 amide bonds. The number of nitrogens with one attached hydrogen (secondary N) is 1. The average molecular weight is 293 g/mol. The van der Waals surface area contributed by atoms with Gasteiger partial charge in [-0.3, -0.25) is 4.79 Å². The molecule has 1 heterocycles. The van der Waals surface area contributed by atoms with Gasteiger partial charge in [-0.05, 0) is 36.4 Å². The molecule has 5 nitrogen and oxygen atoms in total. The molecule has 3 aromatic rings. The van der Waals surface area contributed by atoms with Crippen LogP contribution in [0.4, 0.5) is 5.69 Å². The highest BCUT2D eigenvalue weighted by atomic mass is 16.5. The topological polar surface area (TPSA) is 56.1 Å². The van der Waals surface area contributed by atoms with Crippen molar-refractivity contribution in [3.63, 3.8) is 0 Å². The minimum atomic E-state index is -0.162. The minimum absolute atomic E-state index is 0.162. The number of hydrogen-bond donors (Lipinski definition) is 1. The lowest BCUT2D eigenvalue weighted by atomic mass is 10.2. The highest BCUT2D eigenvalue weighted by molar-refractivity contribution is 6.04. The third-order valence-corrected chi connectivity index (χ3v) is 3.26. The van der Waals surface area contributed by atoms with Gasteiger partial charge in [-0.1, -0.05) is 6.07 Å². The van der Waals surface area contributed by atoms with E-state index < -0.39 is 0 Å². The Bertz CT molecular complexity index is 765. The average Bonchev–Trinajstić information content (AvgIpc) is 3.09. The van der Waals surface area contributed by atoms with Crippen molar-refractivity contribution in [2.75, 3.05) is 12.4 Å². The lowest BCUT2D eigenvalue weighted by molar-refractivity contribution is 0.102. The largest absolute Gasteiger partial charge is 0.497 e. The molecule has 0 bridgehead atoms. The van der Waals surface area contributed by atoms with Crippen molar-refractivity contribution in [1.29, 1.82) is 0 Å². The summed E-state index contributed by atoms with van der Waals surface area (Å²) in [7, 11) is 1.59. The van der Waals surface area contributed by atoms with Gasteiger partial charge in [-0.25, -0.2) is 4.98 Å². The molecule has 5 heteroatoms. The molecule has 0 fully saturated rings. The summed E-state index contributed by atoms with van der Waals surface area (Å²) in [5, 5.41) is 2.85. The molecule has 0 aliphatic rings. The Kier molecular flexibility index (Phi) is 3.87. The molecule has 0 spiro atoms. The summed E-state index contributed by atoms with van der Waals surface area (Å²) < 4.78 is 7.02. The second-order valence-corrected chi connectivity index (χ2v) is 4.70. The Hall–Kier alpha value is -3.08. The fourth-order valence-corrected chi connectivity index (χ4v) is 2.10. The van der Waals surface area contributed by atoms with Crippen LogP contribution in [-0.4, -0.2) is 22.6 Å². The van der Waals surface area contributed by atoms with Crippen LogP contribution >= 0.6 is 0 Å². The third-order valence-electron chi connectivity index (χ3n) is 3.26. The van der Waals surface area contributed by atoms with Gasteiger partial charge in [0.15, 0.2) is 0 Å². The number of rotatable bonds is 4. The Balaban J connectivity index is 1.74. The predicted molar refractivity (Wildman–Crippen MR) is 84.5 cm³/mol. The molecule has 1 N–H and O–H groups in total. The normalized spacial score (nSPS) is 10.2. The van der Waals surface area contributed by atoms with E-state index in [0.717, 1.165) is 5.69 Å². The quantitative estimate of drug-likeness (QED) is 0.804. The van der Waals surface area contributed by atoms with Gasteiger partial charge in [0.1, 0.15) is 5.75 Å². The lowest BCUT2D eigenvalue weighted by Crippen LogP contribution is -2.11. The zero-order valence-corrected chi connectivity index (χ0v) is 12.1. The second kappa shape index (κ2) is 6.13. The number of methoxy groups -OCH3 is 1. The maximum atomic E-state index is 12.2. The van der Waals surface area contributed by atoms with Gasteiger partial charge >= 0.3 is 0 Å².